The van der Waals surface area contributed by atoms with Gasteiger partial charge < -0.3 is 26.7 Å². The van der Waals surface area contributed by atoms with Gasteiger partial charge in [0.25, 0.3) is 0 Å². The molecular weight excluding hydrogens is 685 g/mol. The lowest BCUT2D eigenvalue weighted by Gasteiger charge is -2.37. The maximum Gasteiger partial charge on any atom is 0.0672 e. The molecule has 0 fully saturated rings. The number of allylic oxidation sites excluding steroid dienone is 1. The SMILES string of the molecule is C/C=C1/CN(CC(C)C)Nc2c1c(-c1ccc(N(c3ccccc3)c3ccccc3)cc1)c(N)c(N)c2-c1ccc(N(c2ccccc2)c2ccccc2)cc1. The van der Waals surface area contributed by atoms with Gasteiger partial charge in [-0.15, -0.1) is 0 Å². The van der Waals surface area contributed by atoms with Gasteiger partial charge >= 0.3 is 0 Å². The molecule has 0 spiro atoms. The maximum absolute atomic E-state index is 7.21. The van der Waals surface area contributed by atoms with Gasteiger partial charge in [0.1, 0.15) is 0 Å². The van der Waals surface area contributed by atoms with Crippen molar-refractivity contribution in [2.75, 3.05) is 39.8 Å². The minimum atomic E-state index is 0.460. The van der Waals surface area contributed by atoms with E-state index >= 15 is 0 Å². The molecule has 0 radical (unpaired) electrons. The summed E-state index contributed by atoms with van der Waals surface area (Å²) >= 11 is 0. The number of hydrazine groups is 1. The molecule has 0 atom stereocenters. The van der Waals surface area contributed by atoms with Gasteiger partial charge in [-0.25, -0.2) is 5.01 Å². The average molecular weight is 733 g/mol. The van der Waals surface area contributed by atoms with Crippen molar-refractivity contribution in [3.63, 3.8) is 0 Å². The van der Waals surface area contributed by atoms with Gasteiger partial charge in [-0.05, 0) is 102 Å². The van der Waals surface area contributed by atoms with Crippen LogP contribution in [-0.2, 0) is 0 Å². The Morgan fingerprint density at radius 3 is 1.25 bits per heavy atom. The van der Waals surface area contributed by atoms with Crippen LogP contribution in [0, 0.1) is 5.92 Å². The van der Waals surface area contributed by atoms with Gasteiger partial charge in [0.2, 0.25) is 0 Å². The lowest BCUT2D eigenvalue weighted by molar-refractivity contribution is 0.319. The van der Waals surface area contributed by atoms with Crippen LogP contribution in [0.15, 0.2) is 176 Å². The summed E-state index contributed by atoms with van der Waals surface area (Å²) in [7, 11) is 0. The average Bonchev–Trinajstić information content (AvgIpc) is 3.24. The molecule has 0 bridgehead atoms. The van der Waals surface area contributed by atoms with Crippen LogP contribution in [0.4, 0.5) is 51.2 Å². The van der Waals surface area contributed by atoms with Gasteiger partial charge in [0.15, 0.2) is 0 Å². The van der Waals surface area contributed by atoms with E-state index in [0.717, 1.165) is 80.7 Å². The molecule has 0 aliphatic carbocycles. The van der Waals surface area contributed by atoms with E-state index in [1.165, 1.54) is 5.57 Å². The fourth-order valence-electron chi connectivity index (χ4n) is 7.85. The number of benzene rings is 7. The summed E-state index contributed by atoms with van der Waals surface area (Å²) < 4.78 is 0. The molecule has 56 heavy (non-hydrogen) atoms. The number of nitrogens with zero attached hydrogens (tertiary/aromatic N) is 3. The summed E-state index contributed by atoms with van der Waals surface area (Å²) in [6, 6.07) is 59.2. The standard InChI is InChI=1S/C50H48N6/c1-4-36-34-54(33-35(2)3)53-50-46(36)45(37-25-29-43(30-26-37)55(39-17-9-5-10-18-39)40-19-11-6-12-20-40)48(51)49(52)47(50)38-27-31-44(32-28-38)56(41-21-13-7-14-22-41)42-23-15-8-16-24-42/h4-32,35,53H,33-34,51-52H2,1-3H3/b36-4-. The minimum absolute atomic E-state index is 0.460. The van der Waals surface area contributed by atoms with E-state index in [9.17, 15) is 0 Å². The highest BCUT2D eigenvalue weighted by atomic mass is 15.5. The third-order valence-corrected chi connectivity index (χ3v) is 10.4. The van der Waals surface area contributed by atoms with Crippen molar-refractivity contribution in [2.24, 2.45) is 5.92 Å². The largest absolute Gasteiger partial charge is 0.397 e. The topological polar surface area (TPSA) is 73.8 Å². The van der Waals surface area contributed by atoms with Crippen molar-refractivity contribution in [1.82, 2.24) is 5.01 Å². The monoisotopic (exact) mass is 732 g/mol. The van der Waals surface area contributed by atoms with Crippen LogP contribution in [0.2, 0.25) is 0 Å². The smallest absolute Gasteiger partial charge is 0.0672 e. The zero-order valence-electron chi connectivity index (χ0n) is 32.2. The Kier molecular flexibility index (Phi) is 10.3. The zero-order chi connectivity index (χ0) is 38.6. The van der Waals surface area contributed by atoms with E-state index in [0.29, 0.717) is 17.3 Å². The summed E-state index contributed by atoms with van der Waals surface area (Å²) in [6.45, 7) is 8.23. The maximum atomic E-state index is 7.21. The third kappa shape index (κ3) is 7.10. The molecule has 8 rings (SSSR count). The molecule has 5 N–H and O–H groups in total. The highest BCUT2D eigenvalue weighted by Gasteiger charge is 2.31. The highest BCUT2D eigenvalue weighted by Crippen LogP contribution is 2.52. The molecule has 6 nitrogen and oxygen atoms in total. The van der Waals surface area contributed by atoms with Gasteiger partial charge in [-0.2, -0.15) is 0 Å². The number of hydrogen-bond acceptors (Lipinski definition) is 6. The van der Waals surface area contributed by atoms with Crippen LogP contribution in [0.25, 0.3) is 27.8 Å². The molecule has 278 valence electrons. The van der Waals surface area contributed by atoms with Crippen molar-refractivity contribution in [1.29, 1.82) is 0 Å². The molecule has 0 aromatic heterocycles. The molecule has 6 heteroatoms. The van der Waals surface area contributed by atoms with Gasteiger partial charge in [0.05, 0.1) is 17.1 Å². The van der Waals surface area contributed by atoms with Crippen LogP contribution >= 0.6 is 0 Å². The lowest BCUT2D eigenvalue weighted by Crippen LogP contribution is -2.38. The number of hydrogen-bond donors (Lipinski definition) is 3. The molecular formula is C50H48N6. The molecule has 1 aliphatic rings. The summed E-state index contributed by atoms with van der Waals surface area (Å²) in [4.78, 5) is 4.53. The number of nitrogens with two attached hydrogens (primary N) is 2. The van der Waals surface area contributed by atoms with E-state index in [-0.39, 0.29) is 0 Å². The fraction of sp³-hybridized carbons (Fsp3) is 0.120. The predicted octanol–water partition coefficient (Wildman–Crippen LogP) is 12.8. The minimum Gasteiger partial charge on any atom is -0.397 e. The third-order valence-electron chi connectivity index (χ3n) is 10.4. The summed E-state index contributed by atoms with van der Waals surface area (Å²) in [6.07, 6.45) is 2.22. The Morgan fingerprint density at radius 2 is 0.875 bits per heavy atom. The molecule has 0 saturated carbocycles. The molecule has 0 unspecified atom stereocenters. The van der Waals surface area contributed by atoms with E-state index in [1.54, 1.807) is 0 Å². The molecule has 1 heterocycles. The van der Waals surface area contributed by atoms with Crippen molar-refractivity contribution < 1.29 is 0 Å². The molecule has 0 amide bonds. The second-order valence-corrected chi connectivity index (χ2v) is 14.6. The van der Waals surface area contributed by atoms with Gasteiger partial charge in [-0.1, -0.05) is 117 Å². The first-order valence-electron chi connectivity index (χ1n) is 19.3. The van der Waals surface area contributed by atoms with Gasteiger partial charge in [0, 0.05) is 63.9 Å². The van der Waals surface area contributed by atoms with Gasteiger partial charge in [-0.3, -0.25) is 0 Å². The normalized spacial score (nSPS) is 13.3. The molecule has 7 aromatic rings. The van der Waals surface area contributed by atoms with Crippen molar-refractivity contribution >= 4 is 56.8 Å². The second-order valence-electron chi connectivity index (χ2n) is 14.6. The van der Waals surface area contributed by atoms with E-state index in [4.69, 9.17) is 11.5 Å². The number of para-hydroxylation sites is 4. The first kappa shape index (κ1) is 36.2. The number of anilines is 9. The number of nitrogen functional groups attached to an aromatic ring is 2. The van der Waals surface area contributed by atoms with Crippen molar-refractivity contribution in [3.8, 4) is 22.3 Å². The van der Waals surface area contributed by atoms with Crippen LogP contribution in [0.3, 0.4) is 0 Å². The number of fused-ring (bicyclic) bond motifs is 1. The predicted molar refractivity (Wildman–Crippen MR) is 239 cm³/mol. The highest BCUT2D eigenvalue weighted by molar-refractivity contribution is 6.09. The number of nitrogens with one attached hydrogen (secondary N) is 1. The molecule has 7 aromatic carbocycles. The van der Waals surface area contributed by atoms with E-state index in [1.807, 2.05) is 24.3 Å². The van der Waals surface area contributed by atoms with Crippen LogP contribution in [0.5, 0.6) is 0 Å². The first-order chi connectivity index (χ1) is 27.4. The Hall–Kier alpha value is -6.76. The molecule has 1 aliphatic heterocycles. The van der Waals surface area contributed by atoms with E-state index in [2.05, 4.69) is 193 Å². The second kappa shape index (κ2) is 15.9. The van der Waals surface area contributed by atoms with Crippen LogP contribution in [0.1, 0.15) is 26.3 Å². The van der Waals surface area contributed by atoms with E-state index < -0.39 is 0 Å². The Morgan fingerprint density at radius 1 is 0.518 bits per heavy atom. The fourth-order valence-corrected chi connectivity index (χ4v) is 7.85. The quantitative estimate of drug-likeness (QED) is 0.122. The molecule has 0 saturated heterocycles. The van der Waals surface area contributed by atoms with Crippen molar-refractivity contribution in [2.45, 2.75) is 20.8 Å². The lowest BCUT2D eigenvalue weighted by atomic mass is 9.84. The number of rotatable bonds is 10. The summed E-state index contributed by atoms with van der Waals surface area (Å²) in [5, 5.41) is 2.30. The Bertz CT molecular complexity index is 2350. The summed E-state index contributed by atoms with van der Waals surface area (Å²) in [5.41, 5.74) is 32.9. The Labute approximate surface area is 330 Å². The van der Waals surface area contributed by atoms with Crippen LogP contribution in [-0.4, -0.2) is 18.1 Å². The Balaban J connectivity index is 1.25. The first-order valence-corrected chi connectivity index (χ1v) is 19.3. The van der Waals surface area contributed by atoms with Crippen LogP contribution < -0.4 is 26.7 Å². The zero-order valence-corrected chi connectivity index (χ0v) is 32.2. The van der Waals surface area contributed by atoms with Crippen molar-refractivity contribution in [3.05, 3.63) is 181 Å². The summed E-state index contributed by atoms with van der Waals surface area (Å²) in [5.74, 6) is 0.460.